The summed E-state index contributed by atoms with van der Waals surface area (Å²) in [6.45, 7) is 1.41. The molecule has 6 heteroatoms. The van der Waals surface area contributed by atoms with Crippen molar-refractivity contribution in [3.8, 4) is 0 Å². The van der Waals surface area contributed by atoms with Crippen molar-refractivity contribution < 1.29 is 14.4 Å². The lowest BCUT2D eigenvalue weighted by Crippen LogP contribution is -2.44. The van der Waals surface area contributed by atoms with Gasteiger partial charge in [-0.15, -0.1) is 0 Å². The zero-order valence-electron chi connectivity index (χ0n) is 14.3. The molecule has 0 radical (unpaired) electrons. The predicted molar refractivity (Wildman–Crippen MR) is 96.0 cm³/mol. The Kier molecular flexibility index (Phi) is 3.35. The van der Waals surface area contributed by atoms with E-state index in [0.29, 0.717) is 22.5 Å². The first-order valence-corrected chi connectivity index (χ1v) is 9.42. The molecule has 1 aromatic carbocycles. The van der Waals surface area contributed by atoms with Crippen LogP contribution in [0.1, 0.15) is 13.3 Å². The van der Waals surface area contributed by atoms with Crippen LogP contribution in [0.4, 0.5) is 5.69 Å². The molecule has 0 N–H and O–H groups in total. The first-order chi connectivity index (χ1) is 12.5. The SMILES string of the molecule is CC(=O)N(CN1C(=O)[C@@H]2[C@@H]3C=C[C@H]([C@H]4C[C@H]34)[C@@H]2C1=O)c1ccc(Cl)cc1. The van der Waals surface area contributed by atoms with E-state index in [2.05, 4.69) is 12.2 Å². The average molecular weight is 371 g/mol. The summed E-state index contributed by atoms with van der Waals surface area (Å²) < 4.78 is 0. The molecule has 0 aromatic heterocycles. The molecule has 6 atom stereocenters. The lowest BCUT2D eigenvalue weighted by Gasteiger charge is -2.37. The van der Waals surface area contributed by atoms with E-state index < -0.39 is 0 Å². The Bertz CT molecular complexity index is 813. The van der Waals surface area contributed by atoms with Gasteiger partial charge in [-0.25, -0.2) is 0 Å². The summed E-state index contributed by atoms with van der Waals surface area (Å²) >= 11 is 5.92. The molecular formula is C20H19ClN2O3. The van der Waals surface area contributed by atoms with Gasteiger partial charge in [0.1, 0.15) is 6.67 Å². The van der Waals surface area contributed by atoms with E-state index in [1.54, 1.807) is 24.3 Å². The largest absolute Gasteiger partial charge is 0.294 e. The van der Waals surface area contributed by atoms with E-state index in [-0.39, 0.29) is 48.1 Å². The van der Waals surface area contributed by atoms with Gasteiger partial charge in [0.05, 0.1) is 11.8 Å². The minimum atomic E-state index is -0.236. The van der Waals surface area contributed by atoms with Crippen molar-refractivity contribution >= 4 is 35.0 Å². The number of carbonyl (C=O) groups excluding carboxylic acids is 3. The van der Waals surface area contributed by atoms with Crippen molar-refractivity contribution in [3.05, 3.63) is 41.4 Å². The van der Waals surface area contributed by atoms with E-state index >= 15 is 0 Å². The molecule has 2 saturated carbocycles. The third-order valence-corrected chi connectivity index (χ3v) is 6.81. The quantitative estimate of drug-likeness (QED) is 0.607. The molecule has 1 aliphatic heterocycles. The van der Waals surface area contributed by atoms with Gasteiger partial charge in [0.15, 0.2) is 0 Å². The Labute approximate surface area is 156 Å². The summed E-state index contributed by atoms with van der Waals surface area (Å²) in [4.78, 5) is 41.0. The van der Waals surface area contributed by atoms with Crippen LogP contribution in [0, 0.1) is 35.5 Å². The first-order valence-electron chi connectivity index (χ1n) is 9.04. The number of amides is 3. The van der Waals surface area contributed by atoms with Gasteiger partial charge in [-0.05, 0) is 54.4 Å². The standard InChI is InChI=1S/C20H19ClN2O3/c1-10(24)22(12-4-2-11(21)3-5-12)9-23-19(25)17-13-6-7-14(16-8-15(13)16)18(17)20(23)26/h2-7,13-18H,8-9H2,1H3/t13-,14-,15-,16-,17-,18+/m1/s1. The zero-order valence-corrected chi connectivity index (χ0v) is 15.1. The van der Waals surface area contributed by atoms with Crippen molar-refractivity contribution in [2.75, 3.05) is 11.6 Å². The summed E-state index contributed by atoms with van der Waals surface area (Å²) in [6.07, 6.45) is 5.44. The van der Waals surface area contributed by atoms with Crippen LogP contribution in [-0.4, -0.2) is 29.3 Å². The van der Waals surface area contributed by atoms with E-state index in [4.69, 9.17) is 11.6 Å². The lowest BCUT2D eigenvalue weighted by atomic mass is 9.63. The maximum atomic E-state index is 13.1. The molecule has 6 rings (SSSR count). The van der Waals surface area contributed by atoms with Gasteiger partial charge in [0, 0.05) is 17.6 Å². The Morgan fingerprint density at radius 2 is 1.62 bits per heavy atom. The van der Waals surface area contributed by atoms with Gasteiger partial charge in [-0.2, -0.15) is 0 Å². The van der Waals surface area contributed by atoms with Crippen LogP contribution in [0.25, 0.3) is 0 Å². The van der Waals surface area contributed by atoms with Crippen molar-refractivity contribution in [1.82, 2.24) is 4.90 Å². The van der Waals surface area contributed by atoms with Crippen LogP contribution in [0.15, 0.2) is 36.4 Å². The van der Waals surface area contributed by atoms with E-state index in [1.165, 1.54) is 16.7 Å². The minimum Gasteiger partial charge on any atom is -0.294 e. The number of rotatable bonds is 3. The molecule has 4 aliphatic carbocycles. The highest BCUT2D eigenvalue weighted by Crippen LogP contribution is 2.65. The van der Waals surface area contributed by atoms with Crippen molar-refractivity contribution in [2.24, 2.45) is 35.5 Å². The number of carbonyl (C=O) groups is 3. The molecule has 0 spiro atoms. The fraction of sp³-hybridized carbons (Fsp3) is 0.450. The van der Waals surface area contributed by atoms with Crippen molar-refractivity contribution in [3.63, 3.8) is 0 Å². The molecule has 0 unspecified atom stereocenters. The number of benzene rings is 1. The zero-order chi connectivity index (χ0) is 18.2. The van der Waals surface area contributed by atoms with Gasteiger partial charge in [-0.1, -0.05) is 23.8 Å². The molecule has 5 aliphatic rings. The molecule has 3 fully saturated rings. The normalized spacial score (nSPS) is 36.2. The van der Waals surface area contributed by atoms with Gasteiger partial charge in [-0.3, -0.25) is 24.2 Å². The number of hydrogen-bond donors (Lipinski definition) is 0. The van der Waals surface area contributed by atoms with Gasteiger partial charge in [0.25, 0.3) is 0 Å². The molecule has 134 valence electrons. The number of nitrogens with zero attached hydrogens (tertiary/aromatic N) is 2. The van der Waals surface area contributed by atoms with E-state index in [9.17, 15) is 14.4 Å². The maximum Gasteiger partial charge on any atom is 0.235 e. The lowest BCUT2D eigenvalue weighted by molar-refractivity contribution is -0.140. The number of imide groups is 1. The summed E-state index contributed by atoms with van der Waals surface area (Å²) in [6, 6.07) is 6.83. The summed E-state index contributed by atoms with van der Waals surface area (Å²) in [5.41, 5.74) is 0.626. The predicted octanol–water partition coefficient (Wildman–Crippen LogP) is 2.70. The Morgan fingerprint density at radius 3 is 2.12 bits per heavy atom. The van der Waals surface area contributed by atoms with Crippen molar-refractivity contribution in [1.29, 1.82) is 0 Å². The van der Waals surface area contributed by atoms with Gasteiger partial charge < -0.3 is 0 Å². The second kappa shape index (κ2) is 5.43. The topological polar surface area (TPSA) is 57.7 Å². The van der Waals surface area contributed by atoms with Crippen LogP contribution in [0.5, 0.6) is 0 Å². The molecule has 2 bridgehead atoms. The highest BCUT2D eigenvalue weighted by molar-refractivity contribution is 6.30. The highest BCUT2D eigenvalue weighted by atomic mass is 35.5. The van der Waals surface area contributed by atoms with Crippen LogP contribution in [0.3, 0.4) is 0 Å². The van der Waals surface area contributed by atoms with Crippen LogP contribution < -0.4 is 4.90 Å². The first kappa shape index (κ1) is 16.1. The third-order valence-electron chi connectivity index (χ3n) is 6.56. The number of likely N-dealkylation sites (tertiary alicyclic amines) is 1. The van der Waals surface area contributed by atoms with Gasteiger partial charge >= 0.3 is 0 Å². The summed E-state index contributed by atoms with van der Waals surface area (Å²) in [5, 5.41) is 0.568. The van der Waals surface area contributed by atoms with Crippen LogP contribution in [-0.2, 0) is 14.4 Å². The second-order valence-electron chi connectivity index (χ2n) is 7.82. The molecule has 1 saturated heterocycles. The molecule has 1 heterocycles. The molecule has 26 heavy (non-hydrogen) atoms. The van der Waals surface area contributed by atoms with Crippen LogP contribution >= 0.6 is 11.6 Å². The summed E-state index contributed by atoms with van der Waals surface area (Å²) in [5.74, 6) is 0.601. The maximum absolute atomic E-state index is 13.1. The molecular weight excluding hydrogens is 352 g/mol. The highest BCUT2D eigenvalue weighted by Gasteiger charge is 2.67. The fourth-order valence-electron chi connectivity index (χ4n) is 5.28. The van der Waals surface area contributed by atoms with Crippen molar-refractivity contribution in [2.45, 2.75) is 13.3 Å². The molecule has 3 amide bonds. The number of allylic oxidation sites excluding steroid dienone is 2. The van der Waals surface area contributed by atoms with Gasteiger partial charge in [0.2, 0.25) is 17.7 Å². The van der Waals surface area contributed by atoms with E-state index in [0.717, 1.165) is 6.42 Å². The smallest absolute Gasteiger partial charge is 0.235 e. The second-order valence-corrected chi connectivity index (χ2v) is 8.26. The third kappa shape index (κ3) is 2.13. The number of halogens is 1. The number of anilines is 1. The fourth-order valence-corrected chi connectivity index (χ4v) is 5.41. The monoisotopic (exact) mass is 370 g/mol. The Balaban J connectivity index is 1.44. The van der Waals surface area contributed by atoms with Crippen LogP contribution in [0.2, 0.25) is 5.02 Å². The molecule has 5 nitrogen and oxygen atoms in total. The van der Waals surface area contributed by atoms with E-state index in [1.807, 2.05) is 0 Å². The number of hydrogen-bond acceptors (Lipinski definition) is 3. The Hall–Kier alpha value is -2.14. The average Bonchev–Trinajstić information content (AvgIpc) is 3.40. The molecule has 1 aromatic rings. The summed E-state index contributed by atoms with van der Waals surface area (Å²) in [7, 11) is 0. The Morgan fingerprint density at radius 1 is 1.08 bits per heavy atom. The minimum absolute atomic E-state index is 0.0313.